The van der Waals surface area contributed by atoms with Gasteiger partial charge in [0.25, 0.3) is 0 Å². The summed E-state index contributed by atoms with van der Waals surface area (Å²) in [6, 6.07) is 21.6. The van der Waals surface area contributed by atoms with E-state index in [-0.39, 0.29) is 0 Å². The highest BCUT2D eigenvalue weighted by Gasteiger charge is 2.14. The van der Waals surface area contributed by atoms with Crippen molar-refractivity contribution < 1.29 is 0 Å². The van der Waals surface area contributed by atoms with Crippen molar-refractivity contribution in [3.05, 3.63) is 73.1 Å². The predicted octanol–water partition coefficient (Wildman–Crippen LogP) is 4.65. The molecule has 1 aliphatic rings. The number of likely N-dealkylation sites (N-methyl/N-ethyl adjacent to an activating group) is 1. The minimum atomic E-state index is 0.927. The first-order valence-corrected chi connectivity index (χ1v) is 9.84. The van der Waals surface area contributed by atoms with E-state index >= 15 is 0 Å². The maximum absolute atomic E-state index is 4.65. The Morgan fingerprint density at radius 1 is 0.821 bits per heavy atom. The van der Waals surface area contributed by atoms with Crippen molar-refractivity contribution in [3.8, 4) is 22.3 Å². The number of benzene rings is 2. The van der Waals surface area contributed by atoms with Crippen molar-refractivity contribution in [3.63, 3.8) is 0 Å². The number of aromatic nitrogens is 2. The summed E-state index contributed by atoms with van der Waals surface area (Å²) >= 11 is 0. The first kappa shape index (κ1) is 17.0. The van der Waals surface area contributed by atoms with Crippen molar-refractivity contribution in [2.75, 3.05) is 38.1 Å². The van der Waals surface area contributed by atoms with Gasteiger partial charge in [0, 0.05) is 60.8 Å². The molecule has 5 rings (SSSR count). The van der Waals surface area contributed by atoms with Crippen LogP contribution in [-0.2, 0) is 0 Å². The van der Waals surface area contributed by atoms with Crippen LogP contribution in [0.5, 0.6) is 0 Å². The summed E-state index contributed by atoms with van der Waals surface area (Å²) in [6.07, 6.45) is 4.01. The van der Waals surface area contributed by atoms with Crippen LogP contribution in [0.4, 0.5) is 5.69 Å². The number of H-pyrrole nitrogens is 1. The predicted molar refractivity (Wildman–Crippen MR) is 117 cm³/mol. The summed E-state index contributed by atoms with van der Waals surface area (Å²) in [6.45, 7) is 4.43. The number of fused-ring (bicyclic) bond motifs is 1. The Bertz CT molecular complexity index is 1070. The molecule has 4 aromatic rings. The van der Waals surface area contributed by atoms with Crippen molar-refractivity contribution in [2.45, 2.75) is 0 Å². The summed E-state index contributed by atoms with van der Waals surface area (Å²) in [7, 11) is 2.19. The standard InChI is InChI=1S/C24H24N4/c1-27-11-13-28(14-12-27)21-9-7-18(8-10-21)20-15-22-23(17-26-24(22)25-16-20)19-5-3-2-4-6-19/h2-10,15-17H,11-14H2,1H3,(H,25,26). The van der Waals surface area contributed by atoms with Gasteiger partial charge in [0.15, 0.2) is 0 Å². The average molecular weight is 368 g/mol. The molecule has 2 aromatic heterocycles. The molecule has 3 heterocycles. The van der Waals surface area contributed by atoms with Gasteiger partial charge in [0.05, 0.1) is 0 Å². The molecular weight excluding hydrogens is 344 g/mol. The molecule has 0 radical (unpaired) electrons. The molecule has 2 aromatic carbocycles. The van der Waals surface area contributed by atoms with E-state index in [1.54, 1.807) is 0 Å². The zero-order valence-corrected chi connectivity index (χ0v) is 16.1. The molecule has 28 heavy (non-hydrogen) atoms. The van der Waals surface area contributed by atoms with Crippen LogP contribution < -0.4 is 4.90 Å². The second-order valence-electron chi connectivity index (χ2n) is 7.53. The lowest BCUT2D eigenvalue weighted by Gasteiger charge is -2.34. The summed E-state index contributed by atoms with van der Waals surface area (Å²) in [5, 5.41) is 1.16. The van der Waals surface area contributed by atoms with Gasteiger partial charge in [-0.25, -0.2) is 4.98 Å². The van der Waals surface area contributed by atoms with Gasteiger partial charge in [-0.2, -0.15) is 0 Å². The van der Waals surface area contributed by atoms with Gasteiger partial charge in [0.1, 0.15) is 5.65 Å². The monoisotopic (exact) mass is 368 g/mol. The van der Waals surface area contributed by atoms with Crippen molar-refractivity contribution in [1.29, 1.82) is 0 Å². The number of anilines is 1. The molecule has 0 spiro atoms. The first-order valence-electron chi connectivity index (χ1n) is 9.84. The summed E-state index contributed by atoms with van der Waals surface area (Å²) < 4.78 is 0. The van der Waals surface area contributed by atoms with Crippen molar-refractivity contribution >= 4 is 16.7 Å². The van der Waals surface area contributed by atoms with Crippen molar-refractivity contribution in [2.24, 2.45) is 0 Å². The van der Waals surface area contributed by atoms with Gasteiger partial charge in [-0.15, -0.1) is 0 Å². The number of piperazine rings is 1. The molecule has 4 nitrogen and oxygen atoms in total. The van der Waals surface area contributed by atoms with Gasteiger partial charge in [0.2, 0.25) is 0 Å². The van der Waals surface area contributed by atoms with Crippen LogP contribution in [0.2, 0.25) is 0 Å². The molecule has 140 valence electrons. The highest BCUT2D eigenvalue weighted by molar-refractivity contribution is 5.95. The van der Waals surface area contributed by atoms with Crippen LogP contribution >= 0.6 is 0 Å². The Morgan fingerprint density at radius 2 is 1.57 bits per heavy atom. The van der Waals surface area contributed by atoms with E-state index in [1.807, 2.05) is 18.5 Å². The van der Waals surface area contributed by atoms with Gasteiger partial charge in [-0.1, -0.05) is 42.5 Å². The lowest BCUT2D eigenvalue weighted by Crippen LogP contribution is -2.44. The van der Waals surface area contributed by atoms with E-state index in [1.165, 1.54) is 22.4 Å². The molecule has 0 aliphatic carbocycles. The third-order valence-electron chi connectivity index (χ3n) is 5.68. The third kappa shape index (κ3) is 3.16. The van der Waals surface area contributed by atoms with Crippen LogP contribution in [0.1, 0.15) is 0 Å². The van der Waals surface area contributed by atoms with Crippen LogP contribution in [0.3, 0.4) is 0 Å². The minimum Gasteiger partial charge on any atom is -0.369 e. The smallest absolute Gasteiger partial charge is 0.137 e. The fraction of sp³-hybridized carbons (Fsp3) is 0.208. The molecule has 1 saturated heterocycles. The molecule has 4 heteroatoms. The second-order valence-corrected chi connectivity index (χ2v) is 7.53. The van der Waals surface area contributed by atoms with Gasteiger partial charge >= 0.3 is 0 Å². The molecule has 0 bridgehead atoms. The Hall–Kier alpha value is -3.11. The van der Waals surface area contributed by atoms with E-state index < -0.39 is 0 Å². The highest BCUT2D eigenvalue weighted by atomic mass is 15.2. The van der Waals surface area contributed by atoms with E-state index in [2.05, 4.69) is 81.4 Å². The number of rotatable bonds is 3. The number of nitrogens with one attached hydrogen (secondary N) is 1. The molecule has 1 fully saturated rings. The molecule has 0 amide bonds. The van der Waals surface area contributed by atoms with Crippen LogP contribution in [0.15, 0.2) is 73.1 Å². The minimum absolute atomic E-state index is 0.927. The number of hydrogen-bond donors (Lipinski definition) is 1. The van der Waals surface area contributed by atoms with E-state index in [0.29, 0.717) is 0 Å². The molecule has 1 N–H and O–H groups in total. The Labute approximate surface area is 165 Å². The SMILES string of the molecule is CN1CCN(c2ccc(-c3cnc4[nH]cc(-c5ccccc5)c4c3)cc2)CC1. The van der Waals surface area contributed by atoms with Crippen LogP contribution in [-0.4, -0.2) is 48.1 Å². The van der Waals surface area contributed by atoms with E-state index in [0.717, 1.165) is 42.8 Å². The normalized spacial score (nSPS) is 15.2. The second kappa shape index (κ2) is 7.13. The maximum Gasteiger partial charge on any atom is 0.137 e. The number of nitrogens with zero attached hydrogens (tertiary/aromatic N) is 3. The van der Waals surface area contributed by atoms with Gasteiger partial charge < -0.3 is 14.8 Å². The van der Waals surface area contributed by atoms with Crippen LogP contribution in [0, 0.1) is 0 Å². The van der Waals surface area contributed by atoms with E-state index in [9.17, 15) is 0 Å². The average Bonchev–Trinajstić information content (AvgIpc) is 3.18. The fourth-order valence-corrected chi connectivity index (χ4v) is 3.95. The lowest BCUT2D eigenvalue weighted by atomic mass is 10.0. The largest absolute Gasteiger partial charge is 0.369 e. The zero-order chi connectivity index (χ0) is 18.9. The van der Waals surface area contributed by atoms with Gasteiger partial charge in [-0.05, 0) is 36.4 Å². The summed E-state index contributed by atoms with van der Waals surface area (Å²) in [4.78, 5) is 12.8. The summed E-state index contributed by atoms with van der Waals surface area (Å²) in [5.41, 5.74) is 6.98. The third-order valence-corrected chi connectivity index (χ3v) is 5.68. The molecule has 0 atom stereocenters. The highest BCUT2D eigenvalue weighted by Crippen LogP contribution is 2.31. The van der Waals surface area contributed by atoms with Crippen molar-refractivity contribution in [1.82, 2.24) is 14.9 Å². The number of aromatic amines is 1. The zero-order valence-electron chi connectivity index (χ0n) is 16.1. The Morgan fingerprint density at radius 3 is 2.32 bits per heavy atom. The Balaban J connectivity index is 1.46. The first-order chi connectivity index (χ1) is 13.8. The fourth-order valence-electron chi connectivity index (χ4n) is 3.95. The number of pyridine rings is 1. The maximum atomic E-state index is 4.65. The van der Waals surface area contributed by atoms with E-state index in [4.69, 9.17) is 0 Å². The lowest BCUT2D eigenvalue weighted by molar-refractivity contribution is 0.313. The molecular formula is C24H24N4. The molecule has 0 unspecified atom stereocenters. The molecule has 1 aliphatic heterocycles. The van der Waals surface area contributed by atoms with Crippen LogP contribution in [0.25, 0.3) is 33.3 Å². The number of hydrogen-bond acceptors (Lipinski definition) is 3. The van der Waals surface area contributed by atoms with Gasteiger partial charge in [-0.3, -0.25) is 0 Å². The topological polar surface area (TPSA) is 35.2 Å². The molecule has 0 saturated carbocycles. The summed E-state index contributed by atoms with van der Waals surface area (Å²) in [5.74, 6) is 0. The quantitative estimate of drug-likeness (QED) is 0.572. The Kier molecular flexibility index (Phi) is 4.34.